The van der Waals surface area contributed by atoms with Crippen molar-refractivity contribution in [2.45, 2.75) is 33.4 Å². The largest absolute Gasteiger partial charge is 0.384 e. The summed E-state index contributed by atoms with van der Waals surface area (Å²) in [6.45, 7) is 6.10. The molecule has 0 heterocycles. The summed E-state index contributed by atoms with van der Waals surface area (Å²) in [6.07, 6.45) is -0.934. The van der Waals surface area contributed by atoms with Crippen molar-refractivity contribution in [3.8, 4) is 0 Å². The van der Waals surface area contributed by atoms with Crippen molar-refractivity contribution < 1.29 is 9.90 Å². The summed E-state index contributed by atoms with van der Waals surface area (Å²) in [6, 6.07) is 6.15. The molecule has 1 unspecified atom stereocenters. The number of benzene rings is 1. The molecular weight excluding hydrogens is 202 g/mol. The average Bonchev–Trinajstić information content (AvgIpc) is 2.20. The summed E-state index contributed by atoms with van der Waals surface area (Å²) in [5.74, 6) is -0.250. The lowest BCUT2D eigenvalue weighted by molar-refractivity contribution is -0.138. The summed E-state index contributed by atoms with van der Waals surface area (Å²) < 4.78 is 0. The quantitative estimate of drug-likeness (QED) is 0.843. The molecule has 3 heteroatoms. The zero-order valence-electron chi connectivity index (χ0n) is 10.3. The third-order valence-electron chi connectivity index (χ3n) is 2.64. The molecule has 1 N–H and O–H groups in total. The van der Waals surface area contributed by atoms with Crippen LogP contribution in [0.15, 0.2) is 18.2 Å². The van der Waals surface area contributed by atoms with Gasteiger partial charge in [0.25, 0.3) is 5.91 Å². The SMILES string of the molecule is Cc1ccc(CN(C)C(=O)C(C)O)c(C)c1. The zero-order chi connectivity index (χ0) is 12.3. The van der Waals surface area contributed by atoms with Crippen molar-refractivity contribution in [3.63, 3.8) is 0 Å². The van der Waals surface area contributed by atoms with E-state index in [1.54, 1.807) is 11.9 Å². The molecule has 0 saturated heterocycles. The van der Waals surface area contributed by atoms with E-state index in [0.717, 1.165) is 5.56 Å². The molecule has 16 heavy (non-hydrogen) atoms. The van der Waals surface area contributed by atoms with Crippen molar-refractivity contribution >= 4 is 5.91 Å². The second kappa shape index (κ2) is 5.12. The van der Waals surface area contributed by atoms with E-state index >= 15 is 0 Å². The van der Waals surface area contributed by atoms with Gasteiger partial charge in [0.2, 0.25) is 0 Å². The molecule has 1 aromatic rings. The molecule has 1 aromatic carbocycles. The number of hydrogen-bond acceptors (Lipinski definition) is 2. The van der Waals surface area contributed by atoms with E-state index in [0.29, 0.717) is 6.54 Å². The summed E-state index contributed by atoms with van der Waals surface area (Å²) in [4.78, 5) is 13.0. The molecule has 1 amide bonds. The second-order valence-electron chi connectivity index (χ2n) is 4.30. The van der Waals surface area contributed by atoms with Gasteiger partial charge in [-0.15, -0.1) is 0 Å². The summed E-state index contributed by atoms with van der Waals surface area (Å²) >= 11 is 0. The summed E-state index contributed by atoms with van der Waals surface area (Å²) in [7, 11) is 1.70. The van der Waals surface area contributed by atoms with Crippen molar-refractivity contribution in [2.24, 2.45) is 0 Å². The number of amides is 1. The van der Waals surface area contributed by atoms with E-state index in [-0.39, 0.29) is 5.91 Å². The van der Waals surface area contributed by atoms with Gasteiger partial charge in [-0.05, 0) is 31.9 Å². The van der Waals surface area contributed by atoms with E-state index in [4.69, 9.17) is 0 Å². The molecule has 1 rings (SSSR count). The van der Waals surface area contributed by atoms with Gasteiger partial charge in [0.15, 0.2) is 0 Å². The van der Waals surface area contributed by atoms with Gasteiger partial charge < -0.3 is 10.0 Å². The van der Waals surface area contributed by atoms with Crippen LogP contribution in [-0.4, -0.2) is 29.1 Å². The minimum absolute atomic E-state index is 0.250. The normalized spacial score (nSPS) is 12.3. The van der Waals surface area contributed by atoms with Crippen molar-refractivity contribution in [1.29, 1.82) is 0 Å². The number of aliphatic hydroxyl groups excluding tert-OH is 1. The van der Waals surface area contributed by atoms with Crippen LogP contribution in [0.1, 0.15) is 23.6 Å². The predicted molar refractivity (Wildman–Crippen MR) is 64.1 cm³/mol. The highest BCUT2D eigenvalue weighted by Gasteiger charge is 2.15. The molecule has 0 aliphatic carbocycles. The van der Waals surface area contributed by atoms with E-state index in [9.17, 15) is 9.90 Å². The topological polar surface area (TPSA) is 40.5 Å². The van der Waals surface area contributed by atoms with Crippen molar-refractivity contribution in [3.05, 3.63) is 34.9 Å². The first-order valence-electron chi connectivity index (χ1n) is 5.41. The molecule has 3 nitrogen and oxygen atoms in total. The van der Waals surface area contributed by atoms with Gasteiger partial charge in [-0.1, -0.05) is 23.8 Å². The fourth-order valence-electron chi connectivity index (χ4n) is 1.68. The Bertz CT molecular complexity index is 386. The maximum Gasteiger partial charge on any atom is 0.251 e. The highest BCUT2D eigenvalue weighted by molar-refractivity contribution is 5.79. The van der Waals surface area contributed by atoms with Gasteiger partial charge in [0, 0.05) is 13.6 Å². The van der Waals surface area contributed by atoms with E-state index in [1.165, 1.54) is 18.1 Å². The van der Waals surface area contributed by atoms with Crippen LogP contribution in [0, 0.1) is 13.8 Å². The Morgan fingerprint density at radius 3 is 2.56 bits per heavy atom. The van der Waals surface area contributed by atoms with Crippen molar-refractivity contribution in [1.82, 2.24) is 4.90 Å². The van der Waals surface area contributed by atoms with Gasteiger partial charge in [-0.2, -0.15) is 0 Å². The smallest absolute Gasteiger partial charge is 0.251 e. The Kier molecular flexibility index (Phi) is 4.07. The standard InChI is InChI=1S/C13H19NO2/c1-9-5-6-12(10(2)7-9)8-14(4)13(16)11(3)15/h5-7,11,15H,8H2,1-4H3. The first kappa shape index (κ1) is 12.7. The Balaban J connectivity index is 2.77. The number of carbonyl (C=O) groups excluding carboxylic acids is 1. The number of aliphatic hydroxyl groups is 1. The molecule has 88 valence electrons. The predicted octanol–water partition coefficient (Wildman–Crippen LogP) is 1.64. The first-order valence-corrected chi connectivity index (χ1v) is 5.41. The van der Waals surface area contributed by atoms with Crippen LogP contribution >= 0.6 is 0 Å². The fourth-order valence-corrected chi connectivity index (χ4v) is 1.68. The van der Waals surface area contributed by atoms with Gasteiger partial charge in [-0.3, -0.25) is 4.79 Å². The number of nitrogens with zero attached hydrogens (tertiary/aromatic N) is 1. The molecule has 0 aliphatic rings. The lowest BCUT2D eigenvalue weighted by Crippen LogP contribution is -2.34. The highest BCUT2D eigenvalue weighted by Crippen LogP contribution is 2.12. The van der Waals surface area contributed by atoms with Gasteiger partial charge in [-0.25, -0.2) is 0 Å². The molecule has 0 fully saturated rings. The average molecular weight is 221 g/mol. The molecule has 0 aliphatic heterocycles. The van der Waals surface area contributed by atoms with Crippen molar-refractivity contribution in [2.75, 3.05) is 7.05 Å². The van der Waals surface area contributed by atoms with Crippen LogP contribution in [0.4, 0.5) is 0 Å². The Morgan fingerprint density at radius 1 is 1.44 bits per heavy atom. The maximum atomic E-state index is 11.5. The molecule has 0 spiro atoms. The minimum Gasteiger partial charge on any atom is -0.384 e. The highest BCUT2D eigenvalue weighted by atomic mass is 16.3. The molecular formula is C13H19NO2. The van der Waals surface area contributed by atoms with E-state index in [2.05, 4.69) is 6.07 Å². The molecule has 0 aromatic heterocycles. The third kappa shape index (κ3) is 3.07. The number of likely N-dealkylation sites (N-methyl/N-ethyl adjacent to an activating group) is 1. The Morgan fingerprint density at radius 2 is 2.06 bits per heavy atom. The second-order valence-corrected chi connectivity index (χ2v) is 4.30. The van der Waals surface area contributed by atoms with Crippen LogP contribution < -0.4 is 0 Å². The number of aryl methyl sites for hydroxylation is 2. The zero-order valence-corrected chi connectivity index (χ0v) is 10.3. The number of carbonyl (C=O) groups is 1. The lowest BCUT2D eigenvalue weighted by Gasteiger charge is -2.20. The number of rotatable bonds is 3. The Labute approximate surface area is 96.7 Å². The number of hydrogen-bond donors (Lipinski definition) is 1. The summed E-state index contributed by atoms with van der Waals surface area (Å²) in [5, 5.41) is 9.19. The third-order valence-corrected chi connectivity index (χ3v) is 2.64. The molecule has 0 saturated carbocycles. The monoisotopic (exact) mass is 221 g/mol. The fraction of sp³-hybridized carbons (Fsp3) is 0.462. The molecule has 0 radical (unpaired) electrons. The van der Waals surface area contributed by atoms with Gasteiger partial charge in [0.05, 0.1) is 0 Å². The van der Waals surface area contributed by atoms with E-state index in [1.807, 2.05) is 26.0 Å². The minimum atomic E-state index is -0.934. The maximum absolute atomic E-state index is 11.5. The Hall–Kier alpha value is -1.35. The lowest BCUT2D eigenvalue weighted by atomic mass is 10.1. The molecule has 1 atom stereocenters. The summed E-state index contributed by atoms with van der Waals surface area (Å²) in [5.41, 5.74) is 3.50. The van der Waals surface area contributed by atoms with Crippen LogP contribution in [0.3, 0.4) is 0 Å². The van der Waals surface area contributed by atoms with Crippen LogP contribution in [0.2, 0.25) is 0 Å². The van der Waals surface area contributed by atoms with Crippen LogP contribution in [-0.2, 0) is 11.3 Å². The molecule has 0 bridgehead atoms. The van der Waals surface area contributed by atoms with Crippen LogP contribution in [0.5, 0.6) is 0 Å². The van der Waals surface area contributed by atoms with Gasteiger partial charge >= 0.3 is 0 Å². The van der Waals surface area contributed by atoms with Crippen LogP contribution in [0.25, 0.3) is 0 Å². The first-order chi connectivity index (χ1) is 7.41. The van der Waals surface area contributed by atoms with E-state index < -0.39 is 6.10 Å². The van der Waals surface area contributed by atoms with Gasteiger partial charge in [0.1, 0.15) is 6.10 Å².